The van der Waals surface area contributed by atoms with E-state index in [-0.39, 0.29) is 16.9 Å². The molecule has 1 N–H and O–H groups in total. The lowest BCUT2D eigenvalue weighted by Gasteiger charge is -2.13. The molecule has 0 aliphatic rings. The molecule has 0 radical (unpaired) electrons. The van der Waals surface area contributed by atoms with E-state index in [0.717, 1.165) is 6.07 Å². The van der Waals surface area contributed by atoms with E-state index in [4.69, 9.17) is 4.74 Å². The summed E-state index contributed by atoms with van der Waals surface area (Å²) >= 11 is 0. The number of benzene rings is 2. The highest BCUT2D eigenvalue weighted by molar-refractivity contribution is 5.97. The van der Waals surface area contributed by atoms with Crippen LogP contribution in [0.25, 0.3) is 5.69 Å². The lowest BCUT2D eigenvalue weighted by atomic mass is 10.2. The molecule has 10 heteroatoms. The number of para-hydroxylation sites is 1. The molecule has 31 heavy (non-hydrogen) atoms. The minimum atomic E-state index is -1.24. The maximum atomic E-state index is 12.9. The highest BCUT2D eigenvalue weighted by atomic mass is 16.6. The summed E-state index contributed by atoms with van der Waals surface area (Å²) in [5.74, 6) is -1.59. The maximum Gasteiger partial charge on any atom is 0.339 e. The summed E-state index contributed by atoms with van der Waals surface area (Å²) in [6, 6.07) is 13.9. The number of carbonyl (C=O) groups excluding carboxylic acids is 2. The molecule has 1 aromatic heterocycles. The molecule has 1 amide bonds. The second-order valence-corrected chi connectivity index (χ2v) is 6.78. The zero-order chi connectivity index (χ0) is 22.7. The summed E-state index contributed by atoms with van der Waals surface area (Å²) in [5, 5.41) is 13.4. The van der Waals surface area contributed by atoms with Crippen LogP contribution in [0.2, 0.25) is 0 Å². The number of rotatable bonds is 6. The fourth-order valence-corrected chi connectivity index (χ4v) is 2.97. The third-order valence-corrected chi connectivity index (χ3v) is 4.75. The van der Waals surface area contributed by atoms with Crippen LogP contribution in [-0.2, 0) is 16.6 Å². The maximum absolute atomic E-state index is 12.9. The van der Waals surface area contributed by atoms with Gasteiger partial charge in [0.2, 0.25) is 0 Å². The van der Waals surface area contributed by atoms with Crippen LogP contribution in [0.15, 0.2) is 59.4 Å². The Labute approximate surface area is 176 Å². The molecule has 0 saturated carbocycles. The van der Waals surface area contributed by atoms with Crippen LogP contribution in [0.4, 0.5) is 11.4 Å². The summed E-state index contributed by atoms with van der Waals surface area (Å²) in [7, 11) is 1.69. The third kappa shape index (κ3) is 4.37. The number of nitro benzene ring substituents is 1. The lowest BCUT2D eigenvalue weighted by molar-refractivity contribution is -0.384. The fourth-order valence-electron chi connectivity index (χ4n) is 2.97. The van der Waals surface area contributed by atoms with Crippen LogP contribution in [0, 0.1) is 17.0 Å². The van der Waals surface area contributed by atoms with Gasteiger partial charge in [-0.05, 0) is 32.0 Å². The first kappa shape index (κ1) is 21.5. The summed E-state index contributed by atoms with van der Waals surface area (Å²) in [4.78, 5) is 47.9. The number of esters is 1. The number of hydrogen-bond donors (Lipinski definition) is 1. The van der Waals surface area contributed by atoms with E-state index in [9.17, 15) is 24.5 Å². The van der Waals surface area contributed by atoms with Gasteiger partial charge in [0.15, 0.2) is 6.10 Å². The molecule has 1 heterocycles. The number of hydrogen-bond acceptors (Lipinski definition) is 6. The molecule has 0 fully saturated rings. The van der Waals surface area contributed by atoms with E-state index in [1.807, 2.05) is 6.07 Å². The van der Waals surface area contributed by atoms with Crippen LogP contribution in [0.3, 0.4) is 0 Å². The predicted molar refractivity (Wildman–Crippen MR) is 112 cm³/mol. The number of amides is 1. The second kappa shape index (κ2) is 8.66. The highest BCUT2D eigenvalue weighted by Gasteiger charge is 2.24. The average molecular weight is 424 g/mol. The Bertz CT molecular complexity index is 1210. The van der Waals surface area contributed by atoms with E-state index in [1.54, 1.807) is 42.9 Å². The molecule has 10 nitrogen and oxygen atoms in total. The molecule has 2 aromatic carbocycles. The second-order valence-electron chi connectivity index (χ2n) is 6.78. The molecular formula is C21H20N4O6. The van der Waals surface area contributed by atoms with Crippen molar-refractivity contribution in [2.75, 3.05) is 5.32 Å². The van der Waals surface area contributed by atoms with Gasteiger partial charge < -0.3 is 10.1 Å². The van der Waals surface area contributed by atoms with Gasteiger partial charge in [0.1, 0.15) is 5.69 Å². The van der Waals surface area contributed by atoms with E-state index in [0.29, 0.717) is 11.4 Å². The summed E-state index contributed by atoms with van der Waals surface area (Å²) in [6.07, 6.45) is -1.24. The molecule has 160 valence electrons. The van der Waals surface area contributed by atoms with Crippen molar-refractivity contribution in [1.82, 2.24) is 9.36 Å². The Morgan fingerprint density at radius 3 is 2.45 bits per heavy atom. The first-order chi connectivity index (χ1) is 14.7. The standard InChI is InChI=1S/C21H20N4O6/c1-13-18(20(27)24(23(13)3)16-9-5-4-6-10-16)22-19(26)14(2)31-21(28)15-8-7-11-17(12-15)25(29)30/h4-12,14H,1-3H3,(H,22,26)/t14-/m1/s1. The largest absolute Gasteiger partial charge is 0.449 e. The molecule has 0 spiro atoms. The van der Waals surface area contributed by atoms with Gasteiger partial charge in [-0.1, -0.05) is 24.3 Å². The van der Waals surface area contributed by atoms with Gasteiger partial charge in [0, 0.05) is 19.2 Å². The number of anilines is 1. The molecule has 0 saturated heterocycles. The zero-order valence-corrected chi connectivity index (χ0v) is 17.1. The first-order valence-corrected chi connectivity index (χ1v) is 9.31. The zero-order valence-electron chi connectivity index (χ0n) is 17.1. The number of ether oxygens (including phenoxy) is 1. The van der Waals surface area contributed by atoms with Gasteiger partial charge in [-0.15, -0.1) is 0 Å². The molecule has 0 unspecified atom stereocenters. The number of carbonyl (C=O) groups is 2. The number of aromatic nitrogens is 2. The molecular weight excluding hydrogens is 404 g/mol. The Morgan fingerprint density at radius 1 is 1.13 bits per heavy atom. The molecule has 1 atom stereocenters. The van der Waals surface area contributed by atoms with Crippen molar-refractivity contribution in [1.29, 1.82) is 0 Å². The normalized spacial score (nSPS) is 11.6. The average Bonchev–Trinajstić information content (AvgIpc) is 2.97. The van der Waals surface area contributed by atoms with Crippen molar-refractivity contribution in [3.05, 3.63) is 86.3 Å². The van der Waals surface area contributed by atoms with Crippen molar-refractivity contribution in [2.24, 2.45) is 7.05 Å². The van der Waals surface area contributed by atoms with Crippen LogP contribution in [0.5, 0.6) is 0 Å². The number of nitrogens with zero attached hydrogens (tertiary/aromatic N) is 3. The van der Waals surface area contributed by atoms with Crippen molar-refractivity contribution in [2.45, 2.75) is 20.0 Å². The molecule has 0 aliphatic carbocycles. The van der Waals surface area contributed by atoms with Gasteiger partial charge >= 0.3 is 5.97 Å². The predicted octanol–water partition coefficient (Wildman–Crippen LogP) is 2.58. The van der Waals surface area contributed by atoms with Gasteiger partial charge in [-0.2, -0.15) is 0 Å². The number of non-ortho nitro benzene ring substituents is 1. The minimum Gasteiger partial charge on any atom is -0.449 e. The monoisotopic (exact) mass is 424 g/mol. The van der Waals surface area contributed by atoms with Crippen molar-refractivity contribution >= 4 is 23.3 Å². The Balaban J connectivity index is 1.77. The topological polar surface area (TPSA) is 125 Å². The Morgan fingerprint density at radius 2 is 1.81 bits per heavy atom. The van der Waals surface area contributed by atoms with Crippen molar-refractivity contribution in [3.63, 3.8) is 0 Å². The molecule has 0 bridgehead atoms. The smallest absolute Gasteiger partial charge is 0.339 e. The van der Waals surface area contributed by atoms with Crippen molar-refractivity contribution < 1.29 is 19.2 Å². The van der Waals surface area contributed by atoms with E-state index < -0.39 is 28.5 Å². The van der Waals surface area contributed by atoms with Crippen LogP contribution in [0.1, 0.15) is 23.0 Å². The summed E-state index contributed by atoms with van der Waals surface area (Å²) in [5.41, 5.74) is 0.443. The summed E-state index contributed by atoms with van der Waals surface area (Å²) < 4.78 is 8.13. The van der Waals surface area contributed by atoms with Gasteiger partial charge in [0.25, 0.3) is 17.2 Å². The van der Waals surface area contributed by atoms with Crippen LogP contribution < -0.4 is 10.9 Å². The minimum absolute atomic E-state index is 0.0591. The lowest BCUT2D eigenvalue weighted by Crippen LogP contribution is -2.32. The van der Waals surface area contributed by atoms with Gasteiger partial charge in [-0.3, -0.25) is 24.4 Å². The quantitative estimate of drug-likeness (QED) is 0.368. The molecule has 0 aliphatic heterocycles. The van der Waals surface area contributed by atoms with E-state index >= 15 is 0 Å². The first-order valence-electron chi connectivity index (χ1n) is 9.31. The Hall–Kier alpha value is -4.21. The van der Waals surface area contributed by atoms with Crippen molar-refractivity contribution in [3.8, 4) is 5.69 Å². The van der Waals surface area contributed by atoms with Crippen LogP contribution >= 0.6 is 0 Å². The van der Waals surface area contributed by atoms with Gasteiger partial charge in [0.05, 0.1) is 21.9 Å². The fraction of sp³-hybridized carbons (Fsp3) is 0.190. The SMILES string of the molecule is Cc1c(NC(=O)[C@@H](C)OC(=O)c2cccc([N+](=O)[O-])c2)c(=O)n(-c2ccccc2)n1C. The highest BCUT2D eigenvalue weighted by Crippen LogP contribution is 2.16. The van der Waals surface area contributed by atoms with E-state index in [1.165, 1.54) is 29.8 Å². The van der Waals surface area contributed by atoms with Crippen LogP contribution in [-0.4, -0.2) is 32.3 Å². The van der Waals surface area contributed by atoms with Gasteiger partial charge in [-0.25, -0.2) is 9.48 Å². The summed E-state index contributed by atoms with van der Waals surface area (Å²) in [6.45, 7) is 3.02. The van der Waals surface area contributed by atoms with E-state index in [2.05, 4.69) is 5.32 Å². The Kier molecular flexibility index (Phi) is 6.00. The third-order valence-electron chi connectivity index (χ3n) is 4.75. The molecule has 3 aromatic rings. The molecule has 3 rings (SSSR count). The number of nitro groups is 1. The number of nitrogens with one attached hydrogen (secondary N) is 1.